The highest BCUT2D eigenvalue weighted by Gasteiger charge is 2.51. The number of rotatable bonds is 16. The van der Waals surface area contributed by atoms with Crippen LogP contribution in [0, 0.1) is 11.8 Å². The predicted molar refractivity (Wildman–Crippen MR) is 258 cm³/mol. The Balaban J connectivity index is 0.933. The van der Waals surface area contributed by atoms with Crippen molar-refractivity contribution in [3.05, 3.63) is 86.2 Å². The molecule has 7 N–H and O–H groups in total. The summed E-state index contributed by atoms with van der Waals surface area (Å²) in [6, 6.07) is 5.21. The summed E-state index contributed by atoms with van der Waals surface area (Å²) in [4.78, 5) is 133. The van der Waals surface area contributed by atoms with Crippen LogP contribution in [0.15, 0.2) is 54.0 Å². The Bertz CT molecular complexity index is 2940. The SMILES string of the molecule is NC(=O)CC[C@H](NC(=O)[C@@H]1CC[C@@H]2CCN(C(=O)CCCCCC#Cc3cccc4c3CN(C3CCC(=O)NC3=O)C4=O)C[C@H](NC(=O)c3cc4cc(C(F)(F)P(=O)(O)O)ccc4s3)C(=O)N21)c1nccs1. The van der Waals surface area contributed by atoms with Gasteiger partial charge in [-0.2, -0.15) is 8.78 Å². The van der Waals surface area contributed by atoms with Gasteiger partial charge in [-0.25, -0.2) is 4.98 Å². The van der Waals surface area contributed by atoms with Crippen LogP contribution >= 0.6 is 30.3 Å². The fourth-order valence-electron chi connectivity index (χ4n) is 9.61. The Morgan fingerprint density at radius 2 is 1.82 bits per heavy atom. The van der Waals surface area contributed by atoms with Crippen molar-refractivity contribution in [2.45, 2.75) is 119 Å². The third-order valence-electron chi connectivity index (χ3n) is 13.3. The minimum Gasteiger partial charge on any atom is -0.370 e. The number of carbonyl (C=O) groups is 8. The van der Waals surface area contributed by atoms with Crippen LogP contribution in [0.25, 0.3) is 10.1 Å². The normalized spacial score (nSPS) is 20.8. The second-order valence-electron chi connectivity index (χ2n) is 18.1. The smallest absolute Gasteiger partial charge is 0.370 e. The first-order valence-electron chi connectivity index (χ1n) is 23.4. The van der Waals surface area contributed by atoms with Crippen molar-refractivity contribution in [1.29, 1.82) is 0 Å². The highest BCUT2D eigenvalue weighted by atomic mass is 32.1. The van der Waals surface area contributed by atoms with Gasteiger partial charge in [0.2, 0.25) is 35.4 Å². The van der Waals surface area contributed by atoms with Gasteiger partial charge in [-0.1, -0.05) is 30.4 Å². The molecule has 4 aliphatic heterocycles. The molecule has 24 heteroatoms. The number of halogens is 2. The van der Waals surface area contributed by atoms with Gasteiger partial charge in [-0.05, 0) is 86.2 Å². The van der Waals surface area contributed by atoms with E-state index >= 15 is 0 Å². The van der Waals surface area contributed by atoms with E-state index in [1.54, 1.807) is 23.7 Å². The number of thiophene rings is 1. The predicted octanol–water partition coefficient (Wildman–Crippen LogP) is 4.16. The van der Waals surface area contributed by atoms with Crippen LogP contribution in [0.2, 0.25) is 0 Å². The Hall–Kier alpha value is -6.44. The molecule has 0 radical (unpaired) electrons. The third-order valence-corrected chi connectivity index (χ3v) is 16.3. The summed E-state index contributed by atoms with van der Waals surface area (Å²) in [7, 11) is -5.88. The largest absolute Gasteiger partial charge is 0.399 e. The molecule has 0 spiro atoms. The molecule has 2 aromatic heterocycles. The number of nitrogens with two attached hydrogens (primary N) is 1. The number of piperidine rings is 1. The third kappa shape index (κ3) is 11.3. The lowest BCUT2D eigenvalue weighted by atomic mass is 10.0. The molecule has 0 aliphatic carbocycles. The van der Waals surface area contributed by atoms with E-state index in [-0.39, 0.29) is 86.1 Å². The number of nitrogens with zero attached hydrogens (tertiary/aromatic N) is 4. The molecule has 380 valence electrons. The van der Waals surface area contributed by atoms with Crippen molar-refractivity contribution in [3.63, 3.8) is 0 Å². The van der Waals surface area contributed by atoms with E-state index in [9.17, 15) is 61.5 Å². The van der Waals surface area contributed by atoms with Gasteiger partial charge in [-0.3, -0.25) is 48.2 Å². The molecular weight excluding hydrogens is 998 g/mol. The summed E-state index contributed by atoms with van der Waals surface area (Å²) >= 11 is 2.18. The molecule has 2 aromatic carbocycles. The maximum atomic E-state index is 14.7. The fourth-order valence-corrected chi connectivity index (χ4v) is 11.8. The van der Waals surface area contributed by atoms with Gasteiger partial charge >= 0.3 is 13.3 Å². The minimum atomic E-state index is -5.88. The first-order valence-corrected chi connectivity index (χ1v) is 26.7. The van der Waals surface area contributed by atoms with Crippen molar-refractivity contribution in [3.8, 4) is 11.8 Å². The molecule has 8 rings (SSSR count). The highest BCUT2D eigenvalue weighted by Crippen LogP contribution is 2.59. The van der Waals surface area contributed by atoms with Crippen molar-refractivity contribution >= 4 is 87.6 Å². The van der Waals surface area contributed by atoms with Crippen molar-refractivity contribution in [2.24, 2.45) is 5.73 Å². The van der Waals surface area contributed by atoms with Gasteiger partial charge in [-0.15, -0.1) is 22.7 Å². The molecule has 72 heavy (non-hydrogen) atoms. The van der Waals surface area contributed by atoms with Crippen LogP contribution in [-0.2, 0) is 45.5 Å². The number of hydrogen-bond acceptors (Lipinski definition) is 12. The maximum Gasteiger partial charge on any atom is 0.399 e. The van der Waals surface area contributed by atoms with Crippen LogP contribution in [0.1, 0.15) is 125 Å². The van der Waals surface area contributed by atoms with Crippen molar-refractivity contribution in [2.75, 3.05) is 13.1 Å². The Labute approximate surface area is 419 Å². The molecule has 4 aliphatic rings. The van der Waals surface area contributed by atoms with E-state index in [0.717, 1.165) is 23.5 Å². The molecule has 0 bridgehead atoms. The van der Waals surface area contributed by atoms with Crippen molar-refractivity contribution in [1.82, 2.24) is 35.6 Å². The van der Waals surface area contributed by atoms with Crippen LogP contribution in [0.3, 0.4) is 0 Å². The van der Waals surface area contributed by atoms with E-state index in [4.69, 9.17) is 5.73 Å². The van der Waals surface area contributed by atoms with Gasteiger partial charge in [0.25, 0.3) is 11.8 Å². The van der Waals surface area contributed by atoms with Gasteiger partial charge in [0.15, 0.2) is 0 Å². The second-order valence-corrected chi connectivity index (χ2v) is 21.8. The number of primary amides is 1. The molecule has 5 atom stereocenters. The first kappa shape index (κ1) is 51.9. The van der Waals surface area contributed by atoms with Gasteiger partial charge < -0.3 is 40.9 Å². The number of hydrogen-bond donors (Lipinski definition) is 6. The quantitative estimate of drug-likeness (QED) is 0.0400. The van der Waals surface area contributed by atoms with E-state index in [2.05, 4.69) is 32.8 Å². The standard InChI is InChI=1S/C48H51F2N8O11PS2/c49-48(50,70(67,68)69)29-11-16-37-28(23-29)24-38(72-37)44(64)54-34-26-56(21-19-30-12-14-36(58(30)47(34)66)43(63)53-33(13-17-39(51)59)45-52-20-22-71-45)41(61)10-5-3-1-2-4-7-27-8-6-9-31-32(27)25-57(46(31)65)35-15-18-40(60)55-42(35)62/h6,8-9,11,16,20,22-24,30,33-36H,1-3,5,10,12-15,17-19,21,25-26H2,(H2,51,59)(H,53,63)(H,54,64)(H,55,60,62)(H2,67,68,69)/t30-,33+,34+,35?,36+/m1/s1. The van der Waals surface area contributed by atoms with E-state index < -0.39 is 78.6 Å². The average molecular weight is 1050 g/mol. The number of fused-ring (bicyclic) bond motifs is 3. The molecule has 6 heterocycles. The van der Waals surface area contributed by atoms with Gasteiger partial charge in [0.1, 0.15) is 23.1 Å². The Morgan fingerprint density at radius 3 is 2.56 bits per heavy atom. The number of aromatic nitrogens is 1. The number of carbonyl (C=O) groups excluding carboxylic acids is 8. The molecule has 0 saturated carbocycles. The number of nitrogens with one attached hydrogen (secondary N) is 3. The lowest BCUT2D eigenvalue weighted by Gasteiger charge is -2.39. The van der Waals surface area contributed by atoms with Crippen LogP contribution < -0.4 is 21.7 Å². The Kier molecular flexibility index (Phi) is 15.7. The number of thiazole rings is 1. The molecule has 3 fully saturated rings. The van der Waals surface area contributed by atoms with Crippen LogP contribution in [-0.4, -0.2) is 114 Å². The van der Waals surface area contributed by atoms with E-state index in [1.165, 1.54) is 38.2 Å². The number of benzene rings is 2. The summed E-state index contributed by atoms with van der Waals surface area (Å²) in [6.07, 6.45) is 5.47. The number of amides is 8. The molecular formula is C48H51F2N8O11PS2. The second kappa shape index (κ2) is 21.7. The summed E-state index contributed by atoms with van der Waals surface area (Å²) in [5, 5.41) is 10.3. The number of unbranched alkanes of at least 4 members (excludes halogenated alkanes) is 3. The van der Waals surface area contributed by atoms with E-state index in [0.29, 0.717) is 64.9 Å². The molecule has 3 saturated heterocycles. The zero-order chi connectivity index (χ0) is 51.5. The van der Waals surface area contributed by atoms with E-state index in [1.807, 2.05) is 6.07 Å². The maximum absolute atomic E-state index is 14.7. The Morgan fingerprint density at radius 1 is 1.01 bits per heavy atom. The summed E-state index contributed by atoms with van der Waals surface area (Å²) in [5.41, 5.74) is 1.82. The molecule has 1 unspecified atom stereocenters. The summed E-state index contributed by atoms with van der Waals surface area (Å²) < 4.78 is 41.2. The zero-order valence-electron chi connectivity index (χ0n) is 38.6. The lowest BCUT2D eigenvalue weighted by Crippen LogP contribution is -2.61. The molecule has 4 aromatic rings. The highest BCUT2D eigenvalue weighted by molar-refractivity contribution is 7.52. The van der Waals surface area contributed by atoms with Crippen molar-refractivity contribution < 1.29 is 61.5 Å². The van der Waals surface area contributed by atoms with Crippen LogP contribution in [0.4, 0.5) is 8.78 Å². The topological polar surface area (TPSA) is 279 Å². The van der Waals surface area contributed by atoms with Crippen LogP contribution in [0.5, 0.6) is 0 Å². The molecule has 19 nitrogen and oxygen atoms in total. The summed E-state index contributed by atoms with van der Waals surface area (Å²) in [5.74, 6) is 2.42. The zero-order valence-corrected chi connectivity index (χ0v) is 41.2. The van der Waals surface area contributed by atoms with Gasteiger partial charge in [0.05, 0.1) is 10.9 Å². The van der Waals surface area contributed by atoms with Gasteiger partial charge in [0, 0.05) is 84.3 Å². The average Bonchev–Trinajstić information content (AvgIpc) is 4.17. The summed E-state index contributed by atoms with van der Waals surface area (Å²) in [6.45, 7) is 0.146. The lowest BCUT2D eigenvalue weighted by molar-refractivity contribution is -0.145. The first-order chi connectivity index (χ1) is 34.3. The monoisotopic (exact) mass is 1050 g/mol. The number of alkyl halides is 2. The minimum absolute atomic E-state index is 0.00942. The fraction of sp³-hybridized carbons (Fsp3) is 0.438. The number of imide groups is 1. The molecule has 8 amide bonds.